The number of nitrogens with zero attached hydrogens (tertiary/aromatic N) is 3. The van der Waals surface area contributed by atoms with Crippen molar-refractivity contribution >= 4 is 0 Å². The molecule has 2 unspecified atom stereocenters. The van der Waals surface area contributed by atoms with E-state index in [1.807, 2.05) is 19.0 Å². The second-order valence-electron chi connectivity index (χ2n) is 4.92. The zero-order valence-corrected chi connectivity index (χ0v) is 10.2. The minimum absolute atomic E-state index is 0.243. The molecule has 5 heteroatoms. The van der Waals surface area contributed by atoms with Crippen molar-refractivity contribution in [3.63, 3.8) is 0 Å². The maximum absolute atomic E-state index is 5.30. The van der Waals surface area contributed by atoms with Crippen LogP contribution in [0.1, 0.15) is 37.5 Å². The number of hydrogen-bond donors (Lipinski definition) is 1. The van der Waals surface area contributed by atoms with E-state index in [0.717, 1.165) is 37.1 Å². The van der Waals surface area contributed by atoms with Gasteiger partial charge in [0.15, 0.2) is 5.82 Å². The van der Waals surface area contributed by atoms with Crippen LogP contribution in [-0.2, 0) is 6.54 Å². The molecule has 5 nitrogen and oxygen atoms in total. The highest BCUT2D eigenvalue weighted by atomic mass is 16.5. The van der Waals surface area contributed by atoms with Crippen molar-refractivity contribution in [2.75, 3.05) is 20.6 Å². The molecule has 2 heterocycles. The van der Waals surface area contributed by atoms with E-state index < -0.39 is 0 Å². The van der Waals surface area contributed by atoms with E-state index in [2.05, 4.69) is 22.4 Å². The minimum Gasteiger partial charge on any atom is -0.338 e. The molecule has 2 atom stereocenters. The summed E-state index contributed by atoms with van der Waals surface area (Å²) in [5.41, 5.74) is 0. The molecule has 1 aromatic heterocycles. The minimum atomic E-state index is 0.243. The zero-order chi connectivity index (χ0) is 11.5. The summed E-state index contributed by atoms with van der Waals surface area (Å²) in [5.74, 6) is 2.24. The Balaban J connectivity index is 2.00. The Kier molecular flexibility index (Phi) is 3.56. The quantitative estimate of drug-likeness (QED) is 0.836. The lowest BCUT2D eigenvalue weighted by Gasteiger charge is -2.25. The number of hydrogen-bond acceptors (Lipinski definition) is 5. The first-order chi connectivity index (χ1) is 7.65. The zero-order valence-electron chi connectivity index (χ0n) is 10.2. The molecule has 0 amide bonds. The Hall–Kier alpha value is -0.940. The average Bonchev–Trinajstić information content (AvgIpc) is 2.65. The largest absolute Gasteiger partial charge is 0.338 e. The molecule has 1 saturated heterocycles. The fourth-order valence-corrected chi connectivity index (χ4v) is 2.05. The first-order valence-electron chi connectivity index (χ1n) is 5.85. The molecule has 1 fully saturated rings. The molecule has 0 aliphatic carbocycles. The molecule has 0 radical (unpaired) electrons. The molecule has 1 N–H and O–H groups in total. The SMILES string of the molecule is CC1CCNC(c2nc(CN(C)C)no2)C1. The van der Waals surface area contributed by atoms with Gasteiger partial charge in [-0.05, 0) is 39.4 Å². The third-order valence-electron chi connectivity index (χ3n) is 2.91. The lowest BCUT2D eigenvalue weighted by molar-refractivity contribution is 0.258. The van der Waals surface area contributed by atoms with Crippen molar-refractivity contribution in [2.45, 2.75) is 32.4 Å². The van der Waals surface area contributed by atoms with E-state index >= 15 is 0 Å². The third kappa shape index (κ3) is 2.80. The first-order valence-corrected chi connectivity index (χ1v) is 5.85. The smallest absolute Gasteiger partial charge is 0.243 e. The normalized spacial score (nSPS) is 26.2. The number of rotatable bonds is 3. The first kappa shape index (κ1) is 11.5. The Morgan fingerprint density at radius 2 is 2.31 bits per heavy atom. The summed E-state index contributed by atoms with van der Waals surface area (Å²) in [5, 5.41) is 7.41. The molecule has 1 aliphatic heterocycles. The van der Waals surface area contributed by atoms with Gasteiger partial charge in [-0.1, -0.05) is 12.1 Å². The molecular formula is C11H20N4O. The topological polar surface area (TPSA) is 54.2 Å². The maximum atomic E-state index is 5.30. The van der Waals surface area contributed by atoms with Gasteiger partial charge in [0.05, 0.1) is 12.6 Å². The lowest BCUT2D eigenvalue weighted by atomic mass is 9.94. The van der Waals surface area contributed by atoms with Crippen molar-refractivity contribution < 1.29 is 4.52 Å². The van der Waals surface area contributed by atoms with Crippen molar-refractivity contribution in [2.24, 2.45) is 5.92 Å². The van der Waals surface area contributed by atoms with E-state index in [4.69, 9.17) is 4.52 Å². The number of piperidine rings is 1. The van der Waals surface area contributed by atoms with Crippen LogP contribution in [0.2, 0.25) is 0 Å². The second kappa shape index (κ2) is 4.93. The Morgan fingerprint density at radius 3 is 3.00 bits per heavy atom. The molecular weight excluding hydrogens is 204 g/mol. The van der Waals surface area contributed by atoms with Crippen LogP contribution in [0.15, 0.2) is 4.52 Å². The van der Waals surface area contributed by atoms with Gasteiger partial charge in [-0.25, -0.2) is 0 Å². The van der Waals surface area contributed by atoms with Crippen LogP contribution in [0.4, 0.5) is 0 Å². The summed E-state index contributed by atoms with van der Waals surface area (Å²) in [6.45, 7) is 4.04. The summed E-state index contributed by atoms with van der Waals surface area (Å²) >= 11 is 0. The van der Waals surface area contributed by atoms with Gasteiger partial charge in [-0.15, -0.1) is 0 Å². The Bertz CT molecular complexity index is 336. The van der Waals surface area contributed by atoms with Gasteiger partial charge in [0.25, 0.3) is 0 Å². The van der Waals surface area contributed by atoms with Crippen LogP contribution in [0, 0.1) is 5.92 Å². The lowest BCUT2D eigenvalue weighted by Crippen LogP contribution is -2.31. The van der Waals surface area contributed by atoms with E-state index in [0.29, 0.717) is 0 Å². The van der Waals surface area contributed by atoms with Crippen molar-refractivity contribution in [1.29, 1.82) is 0 Å². The number of nitrogens with one attached hydrogen (secondary N) is 1. The third-order valence-corrected chi connectivity index (χ3v) is 2.91. The van der Waals surface area contributed by atoms with E-state index in [1.165, 1.54) is 6.42 Å². The Labute approximate surface area is 96.2 Å². The van der Waals surface area contributed by atoms with Gasteiger partial charge in [0.1, 0.15) is 0 Å². The molecule has 0 spiro atoms. The highest BCUT2D eigenvalue weighted by molar-refractivity contribution is 4.95. The average molecular weight is 224 g/mol. The van der Waals surface area contributed by atoms with E-state index in [9.17, 15) is 0 Å². The fraction of sp³-hybridized carbons (Fsp3) is 0.818. The van der Waals surface area contributed by atoms with Crippen molar-refractivity contribution in [3.8, 4) is 0 Å². The van der Waals surface area contributed by atoms with Gasteiger partial charge < -0.3 is 14.7 Å². The highest BCUT2D eigenvalue weighted by Crippen LogP contribution is 2.25. The van der Waals surface area contributed by atoms with Crippen molar-refractivity contribution in [3.05, 3.63) is 11.7 Å². The van der Waals surface area contributed by atoms with Crippen LogP contribution < -0.4 is 5.32 Å². The van der Waals surface area contributed by atoms with Crippen LogP contribution in [0.5, 0.6) is 0 Å². The predicted octanol–water partition coefficient (Wildman–Crippen LogP) is 1.19. The molecule has 1 aliphatic rings. The summed E-state index contributed by atoms with van der Waals surface area (Å²) in [6, 6.07) is 0.243. The highest BCUT2D eigenvalue weighted by Gasteiger charge is 2.24. The molecule has 0 bridgehead atoms. The Morgan fingerprint density at radius 1 is 1.50 bits per heavy atom. The van der Waals surface area contributed by atoms with E-state index in [-0.39, 0.29) is 6.04 Å². The maximum Gasteiger partial charge on any atom is 0.243 e. The van der Waals surface area contributed by atoms with E-state index in [1.54, 1.807) is 0 Å². The molecule has 2 rings (SSSR count). The predicted molar refractivity (Wildman–Crippen MR) is 60.8 cm³/mol. The second-order valence-corrected chi connectivity index (χ2v) is 4.92. The molecule has 0 saturated carbocycles. The van der Waals surface area contributed by atoms with Gasteiger partial charge >= 0.3 is 0 Å². The monoisotopic (exact) mass is 224 g/mol. The standard InChI is InChI=1S/C11H20N4O/c1-8-4-5-12-9(6-8)11-13-10(14-16-11)7-15(2)3/h8-9,12H,4-7H2,1-3H3. The van der Waals surface area contributed by atoms with Gasteiger partial charge in [-0.2, -0.15) is 4.98 Å². The summed E-state index contributed by atoms with van der Waals surface area (Å²) in [6.07, 6.45) is 2.32. The number of aromatic nitrogens is 2. The van der Waals surface area contributed by atoms with Gasteiger partial charge in [-0.3, -0.25) is 0 Å². The van der Waals surface area contributed by atoms with Crippen LogP contribution in [0.3, 0.4) is 0 Å². The molecule has 90 valence electrons. The summed E-state index contributed by atoms with van der Waals surface area (Å²) in [7, 11) is 3.99. The summed E-state index contributed by atoms with van der Waals surface area (Å²) < 4.78 is 5.30. The van der Waals surface area contributed by atoms with Crippen LogP contribution in [0.25, 0.3) is 0 Å². The fourth-order valence-electron chi connectivity index (χ4n) is 2.05. The van der Waals surface area contributed by atoms with Crippen LogP contribution >= 0.6 is 0 Å². The molecule has 16 heavy (non-hydrogen) atoms. The van der Waals surface area contributed by atoms with Crippen LogP contribution in [-0.4, -0.2) is 35.7 Å². The van der Waals surface area contributed by atoms with Gasteiger partial charge in [0, 0.05) is 0 Å². The van der Waals surface area contributed by atoms with Gasteiger partial charge in [0.2, 0.25) is 5.89 Å². The molecule has 0 aromatic carbocycles. The van der Waals surface area contributed by atoms with Crippen molar-refractivity contribution in [1.82, 2.24) is 20.4 Å². The molecule has 1 aromatic rings. The summed E-state index contributed by atoms with van der Waals surface area (Å²) in [4.78, 5) is 6.46.